The number of nitrogens with one attached hydrogen (secondary N) is 3. The highest BCUT2D eigenvalue weighted by molar-refractivity contribution is 7.80. The van der Waals surface area contributed by atoms with Crippen LogP contribution in [0.2, 0.25) is 0 Å². The first-order valence-electron chi connectivity index (χ1n) is 12.5. The second-order valence-electron chi connectivity index (χ2n) is 10.5. The van der Waals surface area contributed by atoms with E-state index in [1.54, 1.807) is 7.05 Å². The van der Waals surface area contributed by atoms with Crippen molar-refractivity contribution in [3.8, 4) is 11.1 Å². The molecule has 2 aliphatic rings. The Morgan fingerprint density at radius 3 is 2.08 bits per heavy atom. The SMILES string of the molecule is CNC(=S)C1CC[C@H](NC(=O)OCC2c3ccccc3-c3ccccc32)[C@H](NC(=O)OC(C)(C)C)C1. The summed E-state index contributed by atoms with van der Waals surface area (Å²) in [5.41, 5.74) is 4.08. The maximum Gasteiger partial charge on any atom is 0.407 e. The summed E-state index contributed by atoms with van der Waals surface area (Å²) < 4.78 is 11.2. The third-order valence-corrected chi connectivity index (χ3v) is 7.35. The average Bonchev–Trinajstić information content (AvgIpc) is 3.16. The molecule has 3 N–H and O–H groups in total. The molecular formula is C28H35N3O4S. The lowest BCUT2D eigenvalue weighted by molar-refractivity contribution is 0.0470. The van der Waals surface area contributed by atoms with Gasteiger partial charge in [0.1, 0.15) is 12.2 Å². The predicted molar refractivity (Wildman–Crippen MR) is 144 cm³/mol. The number of thiocarbonyl (C=S) groups is 1. The molecule has 0 aliphatic heterocycles. The van der Waals surface area contributed by atoms with E-state index in [1.807, 2.05) is 45.0 Å². The third kappa shape index (κ3) is 5.98. The Hall–Kier alpha value is -3.13. The summed E-state index contributed by atoms with van der Waals surface area (Å²) in [5, 5.41) is 8.98. The Balaban J connectivity index is 1.41. The number of alkyl carbamates (subject to hydrolysis) is 2. The average molecular weight is 510 g/mol. The highest BCUT2D eigenvalue weighted by atomic mass is 32.1. The van der Waals surface area contributed by atoms with Crippen molar-refractivity contribution >= 4 is 29.4 Å². The van der Waals surface area contributed by atoms with Crippen LogP contribution in [0.25, 0.3) is 11.1 Å². The molecule has 7 nitrogen and oxygen atoms in total. The first-order valence-corrected chi connectivity index (χ1v) is 12.9. The van der Waals surface area contributed by atoms with Crippen LogP contribution in [0.15, 0.2) is 48.5 Å². The third-order valence-electron chi connectivity index (χ3n) is 6.82. The van der Waals surface area contributed by atoms with Gasteiger partial charge in [-0.05, 0) is 62.3 Å². The molecule has 4 rings (SSSR count). The minimum absolute atomic E-state index is 0.0115. The van der Waals surface area contributed by atoms with Crippen LogP contribution in [-0.4, -0.2) is 48.5 Å². The fourth-order valence-electron chi connectivity index (χ4n) is 5.20. The van der Waals surface area contributed by atoms with Crippen molar-refractivity contribution in [3.63, 3.8) is 0 Å². The summed E-state index contributed by atoms with van der Waals surface area (Å²) in [5.74, 6) is 0.105. The van der Waals surface area contributed by atoms with Gasteiger partial charge in [0.25, 0.3) is 0 Å². The van der Waals surface area contributed by atoms with Crippen LogP contribution in [0.1, 0.15) is 57.1 Å². The van der Waals surface area contributed by atoms with Gasteiger partial charge in [-0.15, -0.1) is 0 Å². The van der Waals surface area contributed by atoms with Crippen molar-refractivity contribution in [2.75, 3.05) is 13.7 Å². The molecule has 2 aliphatic carbocycles. The number of fused-ring (bicyclic) bond motifs is 3. The molecule has 36 heavy (non-hydrogen) atoms. The molecule has 2 amide bonds. The summed E-state index contributed by atoms with van der Waals surface area (Å²) in [6, 6.07) is 15.9. The number of carbonyl (C=O) groups excluding carboxylic acids is 2. The van der Waals surface area contributed by atoms with Crippen LogP contribution in [0.5, 0.6) is 0 Å². The quantitative estimate of drug-likeness (QED) is 0.484. The normalized spacial score (nSPS) is 21.1. The van der Waals surface area contributed by atoms with Crippen LogP contribution >= 0.6 is 12.2 Å². The molecule has 2 aromatic rings. The lowest BCUT2D eigenvalue weighted by atomic mass is 9.82. The molecule has 0 spiro atoms. The molecule has 0 bridgehead atoms. The fraction of sp³-hybridized carbons (Fsp3) is 0.464. The number of hydrogen-bond donors (Lipinski definition) is 3. The zero-order valence-electron chi connectivity index (χ0n) is 21.3. The summed E-state index contributed by atoms with van der Waals surface area (Å²) >= 11 is 5.46. The molecule has 1 fully saturated rings. The molecule has 8 heteroatoms. The summed E-state index contributed by atoms with van der Waals surface area (Å²) in [7, 11) is 1.81. The van der Waals surface area contributed by atoms with E-state index < -0.39 is 17.8 Å². The minimum atomic E-state index is -0.617. The van der Waals surface area contributed by atoms with E-state index in [0.717, 1.165) is 22.5 Å². The van der Waals surface area contributed by atoms with Gasteiger partial charge in [-0.25, -0.2) is 9.59 Å². The van der Waals surface area contributed by atoms with Crippen molar-refractivity contribution in [2.24, 2.45) is 5.92 Å². The Bertz CT molecular complexity index is 1080. The van der Waals surface area contributed by atoms with Gasteiger partial charge in [-0.1, -0.05) is 60.7 Å². The summed E-state index contributed by atoms with van der Waals surface area (Å²) in [4.78, 5) is 26.2. The summed E-state index contributed by atoms with van der Waals surface area (Å²) in [6.45, 7) is 5.69. The van der Waals surface area contributed by atoms with Gasteiger partial charge < -0.3 is 25.4 Å². The molecule has 192 valence electrons. The van der Waals surface area contributed by atoms with Crippen molar-refractivity contribution in [1.82, 2.24) is 16.0 Å². The Morgan fingerprint density at radius 2 is 1.50 bits per heavy atom. The second kappa shape index (κ2) is 10.9. The smallest absolute Gasteiger partial charge is 0.407 e. The maximum absolute atomic E-state index is 12.9. The van der Waals surface area contributed by atoms with Crippen LogP contribution in [0.3, 0.4) is 0 Å². The monoisotopic (exact) mass is 509 g/mol. The van der Waals surface area contributed by atoms with Crippen molar-refractivity contribution < 1.29 is 19.1 Å². The van der Waals surface area contributed by atoms with Crippen LogP contribution < -0.4 is 16.0 Å². The molecule has 1 unspecified atom stereocenters. The Labute approximate surface area is 218 Å². The summed E-state index contributed by atoms with van der Waals surface area (Å²) in [6.07, 6.45) is 1.07. The second-order valence-corrected chi connectivity index (χ2v) is 10.9. The molecule has 0 saturated heterocycles. The van der Waals surface area contributed by atoms with Crippen molar-refractivity contribution in [1.29, 1.82) is 0 Å². The van der Waals surface area contributed by atoms with Gasteiger partial charge in [0, 0.05) is 18.9 Å². The van der Waals surface area contributed by atoms with Gasteiger partial charge in [-0.2, -0.15) is 0 Å². The van der Waals surface area contributed by atoms with Crippen LogP contribution in [-0.2, 0) is 9.47 Å². The van der Waals surface area contributed by atoms with Crippen molar-refractivity contribution in [2.45, 2.75) is 63.6 Å². The van der Waals surface area contributed by atoms with Gasteiger partial charge in [0.15, 0.2) is 0 Å². The number of benzene rings is 2. The van der Waals surface area contributed by atoms with E-state index in [4.69, 9.17) is 21.7 Å². The molecule has 0 aromatic heterocycles. The molecule has 0 heterocycles. The predicted octanol–water partition coefficient (Wildman–Crippen LogP) is 5.13. The minimum Gasteiger partial charge on any atom is -0.449 e. The van der Waals surface area contributed by atoms with Gasteiger partial charge in [0.2, 0.25) is 0 Å². The van der Waals surface area contributed by atoms with E-state index in [-0.39, 0.29) is 30.5 Å². The van der Waals surface area contributed by atoms with E-state index in [1.165, 1.54) is 11.1 Å². The van der Waals surface area contributed by atoms with Gasteiger partial charge >= 0.3 is 12.2 Å². The number of rotatable bonds is 5. The topological polar surface area (TPSA) is 88.7 Å². The number of amides is 2. The van der Waals surface area contributed by atoms with Crippen LogP contribution in [0.4, 0.5) is 9.59 Å². The zero-order chi connectivity index (χ0) is 25.9. The standard InChI is InChI=1S/C28H35N3O4S/c1-28(2,3)35-27(33)31-24-15-17(25(36)29-4)13-14-23(24)30-26(32)34-16-22-20-11-7-5-9-18(20)19-10-6-8-12-21(19)22/h5-12,17,22-24H,13-16H2,1-4H3,(H,29,36)(H,30,32)(H,31,33)/t17?,23-,24+/m0/s1. The van der Waals surface area contributed by atoms with Gasteiger partial charge in [0.05, 0.1) is 17.1 Å². The van der Waals surface area contributed by atoms with Crippen molar-refractivity contribution in [3.05, 3.63) is 59.7 Å². The number of carbonyl (C=O) groups is 2. The van der Waals surface area contributed by atoms with E-state index in [9.17, 15) is 9.59 Å². The molecule has 3 atom stereocenters. The Kier molecular flexibility index (Phi) is 7.83. The lowest BCUT2D eigenvalue weighted by Gasteiger charge is -2.37. The molecule has 0 radical (unpaired) electrons. The Morgan fingerprint density at radius 1 is 0.917 bits per heavy atom. The number of hydrogen-bond acceptors (Lipinski definition) is 5. The van der Waals surface area contributed by atoms with Crippen LogP contribution in [0, 0.1) is 5.92 Å². The highest BCUT2D eigenvalue weighted by Crippen LogP contribution is 2.44. The molecule has 1 saturated carbocycles. The van der Waals surface area contributed by atoms with Gasteiger partial charge in [-0.3, -0.25) is 0 Å². The van der Waals surface area contributed by atoms with E-state index >= 15 is 0 Å². The largest absolute Gasteiger partial charge is 0.449 e. The molecular weight excluding hydrogens is 474 g/mol. The maximum atomic E-state index is 12.9. The number of ether oxygens (including phenoxy) is 2. The van der Waals surface area contributed by atoms with E-state index in [2.05, 4.69) is 40.2 Å². The molecule has 2 aromatic carbocycles. The lowest BCUT2D eigenvalue weighted by Crippen LogP contribution is -2.56. The van der Waals surface area contributed by atoms with E-state index in [0.29, 0.717) is 12.8 Å². The zero-order valence-corrected chi connectivity index (χ0v) is 22.1. The first-order chi connectivity index (χ1) is 17.2. The first kappa shape index (κ1) is 25.9. The highest BCUT2D eigenvalue weighted by Gasteiger charge is 2.36. The fourth-order valence-corrected chi connectivity index (χ4v) is 5.41.